The number of halogens is 1. The second-order valence-electron chi connectivity index (χ2n) is 4.19. The van der Waals surface area contributed by atoms with E-state index in [0.29, 0.717) is 0 Å². The highest BCUT2D eigenvalue weighted by atomic mass is 127. The summed E-state index contributed by atoms with van der Waals surface area (Å²) in [5.74, 6) is -1.14. The van der Waals surface area contributed by atoms with Crippen LogP contribution in [0.4, 0.5) is 0 Å². The number of likely N-dealkylation sites (tertiary alicyclic amines) is 1. The van der Waals surface area contributed by atoms with E-state index in [9.17, 15) is 14.4 Å². The van der Waals surface area contributed by atoms with Crippen LogP contribution in [0.1, 0.15) is 20.3 Å². The van der Waals surface area contributed by atoms with Crippen LogP contribution in [0.2, 0.25) is 0 Å². The molecule has 7 nitrogen and oxygen atoms in total. The Hall–Kier alpha value is -0.0400. The molecule has 10 heteroatoms. The van der Waals surface area contributed by atoms with Gasteiger partial charge in [-0.25, -0.2) is 4.72 Å². The fourth-order valence-corrected chi connectivity index (χ4v) is 3.45. The SMILES string of the molecule is COC(C)NC(=O)C(C)N1C(=O)CC(NSSI)C1=O. The van der Waals surface area contributed by atoms with E-state index in [-0.39, 0.29) is 18.2 Å². The number of carbonyl (C=O) groups excluding carboxylic acids is 3. The first-order chi connectivity index (χ1) is 9.42. The first kappa shape index (κ1) is 18.0. The van der Waals surface area contributed by atoms with E-state index in [0.717, 1.165) is 4.90 Å². The topological polar surface area (TPSA) is 87.7 Å². The Morgan fingerprint density at radius 1 is 1.50 bits per heavy atom. The molecule has 3 unspecified atom stereocenters. The van der Waals surface area contributed by atoms with Crippen LogP contribution in [0.15, 0.2) is 0 Å². The van der Waals surface area contributed by atoms with Gasteiger partial charge in [-0.15, -0.1) is 0 Å². The molecule has 0 radical (unpaired) electrons. The number of nitrogens with one attached hydrogen (secondary N) is 2. The van der Waals surface area contributed by atoms with E-state index in [4.69, 9.17) is 4.74 Å². The Morgan fingerprint density at radius 2 is 2.15 bits per heavy atom. The number of amides is 3. The quantitative estimate of drug-likeness (QED) is 0.202. The summed E-state index contributed by atoms with van der Waals surface area (Å²) < 4.78 is 7.81. The van der Waals surface area contributed by atoms with Crippen LogP contribution in [0.3, 0.4) is 0 Å². The van der Waals surface area contributed by atoms with E-state index in [1.54, 1.807) is 6.92 Å². The highest BCUT2D eigenvalue weighted by molar-refractivity contribution is 14.2. The van der Waals surface area contributed by atoms with Gasteiger partial charge < -0.3 is 10.1 Å². The Bertz CT molecular complexity index is 399. The number of methoxy groups -OCH3 is 1. The number of rotatable bonds is 7. The van der Waals surface area contributed by atoms with Gasteiger partial charge >= 0.3 is 0 Å². The molecule has 3 atom stereocenters. The molecule has 1 aliphatic heterocycles. The van der Waals surface area contributed by atoms with E-state index in [1.807, 2.05) is 0 Å². The van der Waals surface area contributed by atoms with Crippen molar-refractivity contribution in [2.45, 2.75) is 38.6 Å². The molecule has 0 saturated carbocycles. The molecule has 1 fully saturated rings. The van der Waals surface area contributed by atoms with Gasteiger partial charge in [-0.1, -0.05) is 0 Å². The standard InChI is InChI=1S/C10H16IN3O4S2/c1-5(9(16)12-6(2)18-3)14-8(15)4-7(10(14)17)13-20-19-11/h5-7,13H,4H2,1-3H3,(H,12,16). The van der Waals surface area contributed by atoms with Crippen molar-refractivity contribution in [1.29, 1.82) is 0 Å². The summed E-state index contributed by atoms with van der Waals surface area (Å²) in [6.07, 6.45) is -0.404. The van der Waals surface area contributed by atoms with Gasteiger partial charge in [-0.2, -0.15) is 0 Å². The van der Waals surface area contributed by atoms with Gasteiger partial charge in [0.2, 0.25) is 17.7 Å². The molecule has 0 bridgehead atoms. The lowest BCUT2D eigenvalue weighted by molar-refractivity contribution is -0.147. The Morgan fingerprint density at radius 3 is 2.70 bits per heavy atom. The number of hydrogen-bond donors (Lipinski definition) is 2. The van der Waals surface area contributed by atoms with Crippen LogP contribution in [-0.4, -0.2) is 48.0 Å². The molecule has 0 aliphatic carbocycles. The van der Waals surface area contributed by atoms with Crippen LogP contribution in [0.25, 0.3) is 0 Å². The molecule has 0 aromatic carbocycles. The number of carbonyl (C=O) groups is 3. The molecule has 1 heterocycles. The third-order valence-corrected chi connectivity index (χ3v) is 5.41. The summed E-state index contributed by atoms with van der Waals surface area (Å²) in [5, 5.41) is 2.57. The molecule has 1 aliphatic rings. The van der Waals surface area contributed by atoms with E-state index in [1.165, 1.54) is 33.0 Å². The van der Waals surface area contributed by atoms with Crippen molar-refractivity contribution in [2.24, 2.45) is 0 Å². The number of nitrogens with zero attached hydrogens (tertiary/aromatic N) is 1. The maximum atomic E-state index is 12.1. The number of ether oxygens (including phenoxy) is 1. The Labute approximate surface area is 137 Å². The smallest absolute Gasteiger partial charge is 0.248 e. The van der Waals surface area contributed by atoms with Crippen LogP contribution >= 0.6 is 40.2 Å². The summed E-state index contributed by atoms with van der Waals surface area (Å²) in [6, 6.07) is -1.43. The monoisotopic (exact) mass is 433 g/mol. The van der Waals surface area contributed by atoms with Crippen LogP contribution in [-0.2, 0) is 19.1 Å². The molecule has 1 rings (SSSR count). The van der Waals surface area contributed by atoms with Gasteiger partial charge in [0, 0.05) is 39.3 Å². The minimum absolute atomic E-state index is 0.0699. The van der Waals surface area contributed by atoms with Gasteiger partial charge in [0.25, 0.3) is 0 Å². The lowest BCUT2D eigenvalue weighted by Gasteiger charge is -2.23. The van der Waals surface area contributed by atoms with Gasteiger partial charge in [-0.05, 0) is 21.8 Å². The summed E-state index contributed by atoms with van der Waals surface area (Å²) in [5.41, 5.74) is 0. The van der Waals surface area contributed by atoms with Crippen LogP contribution in [0, 0.1) is 0 Å². The Kier molecular flexibility index (Phi) is 7.58. The van der Waals surface area contributed by atoms with Crippen LogP contribution in [0.5, 0.6) is 0 Å². The van der Waals surface area contributed by atoms with Crippen molar-refractivity contribution in [3.8, 4) is 0 Å². The van der Waals surface area contributed by atoms with E-state index >= 15 is 0 Å². The van der Waals surface area contributed by atoms with Gasteiger partial charge in [-0.3, -0.25) is 19.3 Å². The minimum Gasteiger partial charge on any atom is -0.362 e. The normalized spacial score (nSPS) is 22.0. The lowest BCUT2D eigenvalue weighted by atomic mass is 10.2. The molecule has 0 aromatic heterocycles. The summed E-state index contributed by atoms with van der Waals surface area (Å²) in [6.45, 7) is 3.19. The van der Waals surface area contributed by atoms with Crippen molar-refractivity contribution >= 4 is 57.9 Å². The number of hydrogen-bond acceptors (Lipinski definition) is 7. The van der Waals surface area contributed by atoms with Gasteiger partial charge in [0.1, 0.15) is 18.3 Å². The minimum atomic E-state index is -0.850. The van der Waals surface area contributed by atoms with Gasteiger partial charge in [0.05, 0.1) is 6.42 Å². The summed E-state index contributed by atoms with van der Waals surface area (Å²) in [7, 11) is 4.16. The lowest BCUT2D eigenvalue weighted by Crippen LogP contribution is -2.51. The average molecular weight is 433 g/mol. The highest BCUT2D eigenvalue weighted by Gasteiger charge is 2.43. The molecule has 1 saturated heterocycles. The molecular weight excluding hydrogens is 417 g/mol. The first-order valence-electron chi connectivity index (χ1n) is 5.81. The summed E-state index contributed by atoms with van der Waals surface area (Å²) in [4.78, 5) is 37.0. The highest BCUT2D eigenvalue weighted by Crippen LogP contribution is 2.28. The zero-order chi connectivity index (χ0) is 15.3. The second-order valence-corrected chi connectivity index (χ2v) is 8.83. The fourth-order valence-electron chi connectivity index (χ4n) is 1.72. The molecule has 20 heavy (non-hydrogen) atoms. The zero-order valence-electron chi connectivity index (χ0n) is 11.2. The maximum absolute atomic E-state index is 12.1. The first-order valence-corrected chi connectivity index (χ1v) is 10.5. The molecule has 3 amide bonds. The van der Waals surface area contributed by atoms with Crippen molar-refractivity contribution in [2.75, 3.05) is 7.11 Å². The number of imide groups is 1. The molecule has 0 spiro atoms. The largest absolute Gasteiger partial charge is 0.362 e. The molecule has 2 N–H and O–H groups in total. The third kappa shape index (κ3) is 4.48. The van der Waals surface area contributed by atoms with Crippen molar-refractivity contribution in [3.05, 3.63) is 0 Å². The predicted octanol–water partition coefficient (Wildman–Crippen LogP) is 0.847. The maximum Gasteiger partial charge on any atom is 0.248 e. The van der Waals surface area contributed by atoms with Crippen LogP contribution < -0.4 is 10.0 Å². The van der Waals surface area contributed by atoms with Crippen molar-refractivity contribution in [3.63, 3.8) is 0 Å². The van der Waals surface area contributed by atoms with E-state index in [2.05, 4.69) is 31.2 Å². The van der Waals surface area contributed by atoms with E-state index < -0.39 is 24.2 Å². The third-order valence-electron chi connectivity index (χ3n) is 2.87. The van der Waals surface area contributed by atoms with Crippen molar-refractivity contribution < 1.29 is 19.1 Å². The van der Waals surface area contributed by atoms with Crippen molar-refractivity contribution in [1.82, 2.24) is 14.9 Å². The molecule has 114 valence electrons. The fraction of sp³-hybridized carbons (Fsp3) is 0.700. The molecular formula is C10H16IN3O4S2. The van der Waals surface area contributed by atoms with Gasteiger partial charge in [0.15, 0.2) is 0 Å². The summed E-state index contributed by atoms with van der Waals surface area (Å²) >= 11 is 2.06. The molecule has 0 aromatic rings. The second kappa shape index (κ2) is 8.41. The zero-order valence-corrected chi connectivity index (χ0v) is 15.0. The average Bonchev–Trinajstić information content (AvgIpc) is 2.70. The Balaban J connectivity index is 2.67. The predicted molar refractivity (Wildman–Crippen MR) is 86.7 cm³/mol.